The first-order valence-corrected chi connectivity index (χ1v) is 6.91. The molecule has 17 heavy (non-hydrogen) atoms. The van der Waals surface area contributed by atoms with Crippen LogP contribution < -0.4 is 5.73 Å². The number of benzene rings is 1. The Labute approximate surface area is 107 Å². The molecule has 0 amide bonds. The monoisotopic (exact) mass is 246 g/mol. The standard InChI is InChI=1S/C14H18N2S/c1-2-12-14(11-7-4-3-5-8-11)16-13(17-12)9-6-10-15/h3-5,7-8H,2,6,9-10,15H2,1H3. The Bertz CT molecular complexity index is 462. The topological polar surface area (TPSA) is 38.9 Å². The van der Waals surface area contributed by atoms with Crippen LogP contribution in [0.5, 0.6) is 0 Å². The van der Waals surface area contributed by atoms with E-state index < -0.39 is 0 Å². The number of hydrogen-bond acceptors (Lipinski definition) is 3. The van der Waals surface area contributed by atoms with Gasteiger partial charge in [0.1, 0.15) is 0 Å². The highest BCUT2D eigenvalue weighted by Gasteiger charge is 2.10. The lowest BCUT2D eigenvalue weighted by molar-refractivity contribution is 0.826. The van der Waals surface area contributed by atoms with E-state index in [0.717, 1.165) is 31.5 Å². The zero-order valence-electron chi connectivity index (χ0n) is 10.1. The average molecular weight is 246 g/mol. The zero-order valence-corrected chi connectivity index (χ0v) is 11.0. The second kappa shape index (κ2) is 5.94. The molecule has 0 spiro atoms. The number of rotatable bonds is 5. The molecule has 2 aromatic rings. The van der Waals surface area contributed by atoms with Gasteiger partial charge in [0.05, 0.1) is 10.7 Å². The second-order valence-corrected chi connectivity index (χ2v) is 5.16. The van der Waals surface area contributed by atoms with Gasteiger partial charge in [0.25, 0.3) is 0 Å². The summed E-state index contributed by atoms with van der Waals surface area (Å²) in [7, 11) is 0. The van der Waals surface area contributed by atoms with Crippen LogP contribution in [0.3, 0.4) is 0 Å². The highest BCUT2D eigenvalue weighted by Crippen LogP contribution is 2.29. The van der Waals surface area contributed by atoms with Gasteiger partial charge in [-0.25, -0.2) is 4.98 Å². The first-order valence-electron chi connectivity index (χ1n) is 6.09. The normalized spacial score (nSPS) is 10.7. The van der Waals surface area contributed by atoms with Gasteiger partial charge < -0.3 is 5.73 Å². The van der Waals surface area contributed by atoms with Gasteiger partial charge in [-0.15, -0.1) is 11.3 Å². The van der Waals surface area contributed by atoms with Crippen molar-refractivity contribution in [2.45, 2.75) is 26.2 Å². The smallest absolute Gasteiger partial charge is 0.0935 e. The van der Waals surface area contributed by atoms with Crippen molar-refractivity contribution >= 4 is 11.3 Å². The lowest BCUT2D eigenvalue weighted by Gasteiger charge is -1.98. The molecule has 90 valence electrons. The minimum atomic E-state index is 0.738. The van der Waals surface area contributed by atoms with Gasteiger partial charge in [0.15, 0.2) is 0 Å². The molecule has 0 atom stereocenters. The van der Waals surface area contributed by atoms with Gasteiger partial charge in [0, 0.05) is 16.9 Å². The molecular weight excluding hydrogens is 228 g/mol. The molecule has 0 saturated heterocycles. The first-order chi connectivity index (χ1) is 8.35. The third-order valence-electron chi connectivity index (χ3n) is 2.70. The molecule has 0 aliphatic carbocycles. The predicted molar refractivity (Wildman–Crippen MR) is 74.3 cm³/mol. The molecule has 2 rings (SSSR count). The fraction of sp³-hybridized carbons (Fsp3) is 0.357. The summed E-state index contributed by atoms with van der Waals surface area (Å²) < 4.78 is 0. The van der Waals surface area contributed by atoms with Crippen LogP contribution >= 0.6 is 11.3 Å². The van der Waals surface area contributed by atoms with Crippen LogP contribution in [0.25, 0.3) is 11.3 Å². The molecule has 1 aromatic carbocycles. The summed E-state index contributed by atoms with van der Waals surface area (Å²) in [6, 6.07) is 10.4. The lowest BCUT2D eigenvalue weighted by atomic mass is 10.1. The average Bonchev–Trinajstić information content (AvgIpc) is 2.80. The summed E-state index contributed by atoms with van der Waals surface area (Å²) >= 11 is 1.83. The molecule has 3 heteroatoms. The summed E-state index contributed by atoms with van der Waals surface area (Å²) in [5, 5.41) is 1.21. The second-order valence-electron chi connectivity index (χ2n) is 3.99. The molecule has 2 nitrogen and oxygen atoms in total. The van der Waals surface area contributed by atoms with E-state index in [9.17, 15) is 0 Å². The predicted octanol–water partition coefficient (Wildman–Crippen LogP) is 3.26. The van der Waals surface area contributed by atoms with Crippen LogP contribution in [0.2, 0.25) is 0 Å². The SMILES string of the molecule is CCc1sc(CCCN)nc1-c1ccccc1. The van der Waals surface area contributed by atoms with Crippen molar-refractivity contribution in [3.05, 3.63) is 40.2 Å². The number of hydrogen-bond donors (Lipinski definition) is 1. The van der Waals surface area contributed by atoms with Crippen LogP contribution in [0, 0.1) is 0 Å². The summed E-state index contributed by atoms with van der Waals surface area (Å²) in [5.74, 6) is 0. The third kappa shape index (κ3) is 2.93. The quantitative estimate of drug-likeness (QED) is 0.879. The van der Waals surface area contributed by atoms with Gasteiger partial charge in [0.2, 0.25) is 0 Å². The van der Waals surface area contributed by atoms with Gasteiger partial charge in [-0.05, 0) is 19.4 Å². The van der Waals surface area contributed by atoms with E-state index in [4.69, 9.17) is 10.7 Å². The van der Waals surface area contributed by atoms with Gasteiger partial charge >= 0.3 is 0 Å². The Morgan fingerprint density at radius 2 is 2.00 bits per heavy atom. The summed E-state index contributed by atoms with van der Waals surface area (Å²) in [5.41, 5.74) is 7.92. The number of aryl methyl sites for hydroxylation is 2. The number of nitrogens with zero attached hydrogens (tertiary/aromatic N) is 1. The Kier molecular flexibility index (Phi) is 4.29. The van der Waals surface area contributed by atoms with Gasteiger partial charge in [-0.1, -0.05) is 37.3 Å². The molecule has 0 saturated carbocycles. The van der Waals surface area contributed by atoms with E-state index >= 15 is 0 Å². The fourth-order valence-electron chi connectivity index (χ4n) is 1.82. The largest absolute Gasteiger partial charge is 0.330 e. The Balaban J connectivity index is 2.30. The molecule has 0 bridgehead atoms. The minimum Gasteiger partial charge on any atom is -0.330 e. The van der Waals surface area contributed by atoms with E-state index in [-0.39, 0.29) is 0 Å². The maximum Gasteiger partial charge on any atom is 0.0935 e. The van der Waals surface area contributed by atoms with E-state index in [1.165, 1.54) is 15.4 Å². The highest BCUT2D eigenvalue weighted by atomic mass is 32.1. The van der Waals surface area contributed by atoms with E-state index in [2.05, 4.69) is 31.2 Å². The molecule has 0 fully saturated rings. The van der Waals surface area contributed by atoms with Crippen molar-refractivity contribution in [2.75, 3.05) is 6.54 Å². The molecule has 0 aliphatic heterocycles. The van der Waals surface area contributed by atoms with E-state index in [0.29, 0.717) is 0 Å². The first kappa shape index (κ1) is 12.3. The lowest BCUT2D eigenvalue weighted by Crippen LogP contribution is -1.99. The molecular formula is C14H18N2S. The fourth-order valence-corrected chi connectivity index (χ4v) is 2.89. The minimum absolute atomic E-state index is 0.738. The summed E-state index contributed by atoms with van der Waals surface area (Å²) in [6.07, 6.45) is 3.07. The van der Waals surface area contributed by atoms with Gasteiger partial charge in [-0.3, -0.25) is 0 Å². The number of aromatic nitrogens is 1. The number of nitrogens with two attached hydrogens (primary N) is 1. The van der Waals surface area contributed by atoms with Crippen LogP contribution in [-0.2, 0) is 12.8 Å². The zero-order chi connectivity index (χ0) is 12.1. The van der Waals surface area contributed by atoms with Crippen molar-refractivity contribution in [2.24, 2.45) is 5.73 Å². The Morgan fingerprint density at radius 3 is 2.65 bits per heavy atom. The maximum atomic E-state index is 5.54. The van der Waals surface area contributed by atoms with Crippen LogP contribution in [0.4, 0.5) is 0 Å². The molecule has 0 unspecified atom stereocenters. The third-order valence-corrected chi connectivity index (χ3v) is 3.96. The van der Waals surface area contributed by atoms with E-state index in [1.807, 2.05) is 17.4 Å². The summed E-state index contributed by atoms with van der Waals surface area (Å²) in [4.78, 5) is 6.13. The van der Waals surface area contributed by atoms with Crippen molar-refractivity contribution in [1.29, 1.82) is 0 Å². The Morgan fingerprint density at radius 1 is 1.24 bits per heavy atom. The van der Waals surface area contributed by atoms with E-state index in [1.54, 1.807) is 0 Å². The Hall–Kier alpha value is -1.19. The van der Waals surface area contributed by atoms with Crippen molar-refractivity contribution in [3.8, 4) is 11.3 Å². The highest BCUT2D eigenvalue weighted by molar-refractivity contribution is 7.12. The summed E-state index contributed by atoms with van der Waals surface area (Å²) in [6.45, 7) is 2.92. The maximum absolute atomic E-state index is 5.54. The molecule has 1 heterocycles. The molecule has 2 N–H and O–H groups in total. The molecule has 0 radical (unpaired) electrons. The van der Waals surface area contributed by atoms with Crippen LogP contribution in [0.1, 0.15) is 23.2 Å². The van der Waals surface area contributed by atoms with Crippen molar-refractivity contribution in [3.63, 3.8) is 0 Å². The molecule has 1 aromatic heterocycles. The van der Waals surface area contributed by atoms with Crippen LogP contribution in [-0.4, -0.2) is 11.5 Å². The number of thiazole rings is 1. The van der Waals surface area contributed by atoms with Gasteiger partial charge in [-0.2, -0.15) is 0 Å². The van der Waals surface area contributed by atoms with Crippen molar-refractivity contribution < 1.29 is 0 Å². The molecule has 0 aliphatic rings. The van der Waals surface area contributed by atoms with Crippen molar-refractivity contribution in [1.82, 2.24) is 4.98 Å². The van der Waals surface area contributed by atoms with Crippen LogP contribution in [0.15, 0.2) is 30.3 Å².